The topological polar surface area (TPSA) is 134 Å². The molecule has 0 radical (unpaired) electrons. The lowest BCUT2D eigenvalue weighted by Gasteiger charge is -2.11. The Bertz CT molecular complexity index is 1250. The van der Waals surface area contributed by atoms with Crippen LogP contribution in [0, 0.1) is 0 Å². The van der Waals surface area contributed by atoms with Crippen LogP contribution in [0.3, 0.4) is 0 Å². The van der Waals surface area contributed by atoms with Crippen LogP contribution in [-0.4, -0.2) is 54.9 Å². The minimum absolute atomic E-state index is 0.0863. The average Bonchev–Trinajstić information content (AvgIpc) is 3.12. The Balaban J connectivity index is 1.76. The number of sulfonamides is 1. The van der Waals surface area contributed by atoms with Crippen LogP contribution in [0.1, 0.15) is 23.1 Å². The van der Waals surface area contributed by atoms with E-state index < -0.39 is 21.9 Å². The van der Waals surface area contributed by atoms with Crippen LogP contribution in [0.4, 0.5) is 0 Å². The molecule has 0 saturated carbocycles. The predicted octanol–water partition coefficient (Wildman–Crippen LogP) is 1.53. The first-order chi connectivity index (χ1) is 15.1. The summed E-state index contributed by atoms with van der Waals surface area (Å²) >= 11 is 0. The molecule has 10 nitrogen and oxygen atoms in total. The van der Waals surface area contributed by atoms with Crippen molar-refractivity contribution in [1.82, 2.24) is 13.9 Å². The standard InChI is InChI=1S/C21H24N4O6S/c1-4-25-18-10-9-16(32(28,29)24(2)3)11-17(18)23-20(25)13-31-21(27)14-5-7-15(8-6-14)30-12-19(22)26/h5-11H,4,12-13H2,1-3H3,(H2,22,26). The maximum absolute atomic E-state index is 12.4. The summed E-state index contributed by atoms with van der Waals surface area (Å²) in [6, 6.07) is 10.8. The summed E-state index contributed by atoms with van der Waals surface area (Å²) in [6.07, 6.45) is 0. The summed E-state index contributed by atoms with van der Waals surface area (Å²) in [5, 5.41) is 0. The number of aryl methyl sites for hydroxylation is 1. The van der Waals surface area contributed by atoms with Gasteiger partial charge in [-0.2, -0.15) is 0 Å². The van der Waals surface area contributed by atoms with Gasteiger partial charge < -0.3 is 19.8 Å². The Morgan fingerprint density at radius 2 is 1.81 bits per heavy atom. The third-order valence-corrected chi connectivity index (χ3v) is 6.51. The lowest BCUT2D eigenvalue weighted by molar-refractivity contribution is -0.119. The summed E-state index contributed by atoms with van der Waals surface area (Å²) in [6.45, 7) is 2.14. The van der Waals surface area contributed by atoms with Gasteiger partial charge in [-0.3, -0.25) is 4.79 Å². The second kappa shape index (κ2) is 9.37. The van der Waals surface area contributed by atoms with E-state index in [4.69, 9.17) is 15.2 Å². The van der Waals surface area contributed by atoms with Gasteiger partial charge in [-0.25, -0.2) is 22.5 Å². The molecule has 11 heteroatoms. The monoisotopic (exact) mass is 460 g/mol. The fourth-order valence-electron chi connectivity index (χ4n) is 3.05. The second-order valence-corrected chi connectivity index (χ2v) is 9.22. The SMILES string of the molecule is CCn1c(COC(=O)c2ccc(OCC(N)=O)cc2)nc2cc(S(=O)(=O)N(C)C)ccc21. The number of aromatic nitrogens is 2. The molecule has 0 spiro atoms. The number of primary amides is 1. The fourth-order valence-corrected chi connectivity index (χ4v) is 3.97. The molecule has 3 rings (SSSR count). The van der Waals surface area contributed by atoms with Gasteiger partial charge in [-0.15, -0.1) is 0 Å². The Labute approximate surface area is 185 Å². The molecular formula is C21H24N4O6S. The Hall–Kier alpha value is -3.44. The number of fused-ring (bicyclic) bond motifs is 1. The zero-order valence-corrected chi connectivity index (χ0v) is 18.8. The van der Waals surface area contributed by atoms with E-state index in [-0.39, 0.29) is 18.1 Å². The Morgan fingerprint density at radius 3 is 2.41 bits per heavy atom. The molecule has 0 atom stereocenters. The number of carbonyl (C=O) groups excluding carboxylic acids is 2. The van der Waals surface area contributed by atoms with Crippen molar-refractivity contribution in [2.24, 2.45) is 5.73 Å². The normalized spacial score (nSPS) is 11.6. The molecule has 2 N–H and O–H groups in total. The number of hydrogen-bond acceptors (Lipinski definition) is 7. The van der Waals surface area contributed by atoms with Crippen LogP contribution in [-0.2, 0) is 32.7 Å². The van der Waals surface area contributed by atoms with Crippen molar-refractivity contribution in [1.29, 1.82) is 0 Å². The van der Waals surface area contributed by atoms with Crippen LogP contribution in [0.25, 0.3) is 11.0 Å². The number of nitrogens with zero attached hydrogens (tertiary/aromatic N) is 3. The highest BCUT2D eigenvalue weighted by Crippen LogP contribution is 2.23. The van der Waals surface area contributed by atoms with Crippen LogP contribution in [0.15, 0.2) is 47.4 Å². The number of benzene rings is 2. The van der Waals surface area contributed by atoms with Gasteiger partial charge in [0.25, 0.3) is 5.91 Å². The van der Waals surface area contributed by atoms with E-state index in [0.717, 1.165) is 9.82 Å². The number of rotatable bonds is 9. The molecule has 0 aliphatic heterocycles. The lowest BCUT2D eigenvalue weighted by atomic mass is 10.2. The van der Waals surface area contributed by atoms with E-state index in [0.29, 0.717) is 29.2 Å². The van der Waals surface area contributed by atoms with E-state index in [1.807, 2.05) is 11.5 Å². The largest absolute Gasteiger partial charge is 0.484 e. The number of imidazole rings is 1. The molecular weight excluding hydrogens is 436 g/mol. The molecule has 0 saturated heterocycles. The van der Waals surface area contributed by atoms with Gasteiger partial charge in [0.2, 0.25) is 10.0 Å². The van der Waals surface area contributed by atoms with Crippen LogP contribution >= 0.6 is 0 Å². The van der Waals surface area contributed by atoms with Crippen molar-refractivity contribution < 1.29 is 27.5 Å². The first-order valence-corrected chi connectivity index (χ1v) is 11.2. The maximum Gasteiger partial charge on any atom is 0.338 e. The first-order valence-electron chi connectivity index (χ1n) is 9.73. The molecule has 1 heterocycles. The zero-order chi connectivity index (χ0) is 23.5. The van der Waals surface area contributed by atoms with E-state index in [1.165, 1.54) is 50.5 Å². The van der Waals surface area contributed by atoms with E-state index in [9.17, 15) is 18.0 Å². The highest BCUT2D eigenvalue weighted by atomic mass is 32.2. The van der Waals surface area contributed by atoms with Crippen molar-refractivity contribution in [3.63, 3.8) is 0 Å². The molecule has 0 unspecified atom stereocenters. The van der Waals surface area contributed by atoms with Crippen molar-refractivity contribution in [2.75, 3.05) is 20.7 Å². The molecule has 0 aliphatic carbocycles. The van der Waals surface area contributed by atoms with Gasteiger partial charge in [0.15, 0.2) is 6.61 Å². The highest BCUT2D eigenvalue weighted by Gasteiger charge is 2.20. The molecule has 1 amide bonds. The minimum Gasteiger partial charge on any atom is -0.484 e. The summed E-state index contributed by atoms with van der Waals surface area (Å²) in [7, 11) is -0.663. The summed E-state index contributed by atoms with van der Waals surface area (Å²) in [5.41, 5.74) is 6.57. The molecule has 0 bridgehead atoms. The van der Waals surface area contributed by atoms with Gasteiger partial charge in [0, 0.05) is 20.6 Å². The zero-order valence-electron chi connectivity index (χ0n) is 17.9. The van der Waals surface area contributed by atoms with Gasteiger partial charge >= 0.3 is 5.97 Å². The summed E-state index contributed by atoms with van der Waals surface area (Å²) in [4.78, 5) is 27.8. The third kappa shape index (κ3) is 4.89. The summed E-state index contributed by atoms with van der Waals surface area (Å²) in [5.74, 6) is -0.260. The predicted molar refractivity (Wildman–Crippen MR) is 117 cm³/mol. The Kier molecular flexibility index (Phi) is 6.80. The van der Waals surface area contributed by atoms with Crippen LogP contribution in [0.5, 0.6) is 5.75 Å². The summed E-state index contributed by atoms with van der Waals surface area (Å²) < 4.78 is 38.3. The van der Waals surface area contributed by atoms with Gasteiger partial charge in [-0.05, 0) is 49.4 Å². The van der Waals surface area contributed by atoms with E-state index >= 15 is 0 Å². The van der Waals surface area contributed by atoms with Gasteiger partial charge in [0.1, 0.15) is 18.2 Å². The molecule has 3 aromatic rings. The molecule has 2 aromatic carbocycles. The molecule has 0 fully saturated rings. The first kappa shape index (κ1) is 23.2. The third-order valence-electron chi connectivity index (χ3n) is 4.70. The van der Waals surface area contributed by atoms with Gasteiger partial charge in [-0.1, -0.05) is 0 Å². The van der Waals surface area contributed by atoms with Crippen LogP contribution in [0.2, 0.25) is 0 Å². The minimum atomic E-state index is -3.59. The number of amides is 1. The number of esters is 1. The van der Waals surface area contributed by atoms with Gasteiger partial charge in [0.05, 0.1) is 21.5 Å². The average molecular weight is 461 g/mol. The van der Waals surface area contributed by atoms with Crippen molar-refractivity contribution in [3.8, 4) is 5.75 Å². The van der Waals surface area contributed by atoms with E-state index in [2.05, 4.69) is 4.98 Å². The fraction of sp³-hybridized carbons (Fsp3) is 0.286. The number of carbonyl (C=O) groups is 2. The Morgan fingerprint density at radius 1 is 1.12 bits per heavy atom. The quantitative estimate of drug-likeness (QED) is 0.479. The van der Waals surface area contributed by atoms with Crippen molar-refractivity contribution in [2.45, 2.75) is 25.0 Å². The van der Waals surface area contributed by atoms with E-state index in [1.54, 1.807) is 6.07 Å². The highest BCUT2D eigenvalue weighted by molar-refractivity contribution is 7.89. The lowest BCUT2D eigenvalue weighted by Crippen LogP contribution is -2.22. The number of ether oxygens (including phenoxy) is 2. The van der Waals surface area contributed by atoms with Crippen LogP contribution < -0.4 is 10.5 Å². The molecule has 170 valence electrons. The second-order valence-electron chi connectivity index (χ2n) is 7.07. The van der Waals surface area contributed by atoms with Crippen molar-refractivity contribution in [3.05, 3.63) is 53.9 Å². The number of hydrogen-bond donors (Lipinski definition) is 1. The maximum atomic E-state index is 12.4. The molecule has 32 heavy (non-hydrogen) atoms. The number of nitrogens with two attached hydrogens (primary N) is 1. The molecule has 0 aliphatic rings. The molecule has 1 aromatic heterocycles. The smallest absolute Gasteiger partial charge is 0.338 e. The van der Waals surface area contributed by atoms with Crippen molar-refractivity contribution >= 4 is 32.9 Å².